The average molecular weight is 950 g/mol. The molecule has 0 aromatic carbocycles. The third kappa shape index (κ3) is 53.8. The molecule has 1 atom stereocenters. The van der Waals surface area contributed by atoms with Crippen LogP contribution in [-0.4, -0.2) is 37.2 Å². The number of ether oxygens (including phenoxy) is 3. The number of carbonyl (C=O) groups is 3. The lowest BCUT2D eigenvalue weighted by molar-refractivity contribution is -0.167. The second kappa shape index (κ2) is 56.4. The molecule has 0 amide bonds. The van der Waals surface area contributed by atoms with Crippen molar-refractivity contribution in [1.29, 1.82) is 0 Å². The molecule has 0 N–H and O–H groups in total. The van der Waals surface area contributed by atoms with E-state index in [9.17, 15) is 14.4 Å². The fourth-order valence-corrected chi connectivity index (χ4v) is 8.15. The third-order valence-corrected chi connectivity index (χ3v) is 12.5. The lowest BCUT2D eigenvalue weighted by Gasteiger charge is -2.18. The molecular weight excluding hydrogens is 841 g/mol. The molecule has 0 aromatic rings. The summed E-state index contributed by atoms with van der Waals surface area (Å²) in [5.41, 5.74) is 0. The van der Waals surface area contributed by atoms with E-state index >= 15 is 0 Å². The average Bonchev–Trinajstić information content (AvgIpc) is 3.34. The first-order valence-electron chi connectivity index (χ1n) is 28.9. The Morgan fingerprint density at radius 2 is 0.574 bits per heavy atom. The second-order valence-corrected chi connectivity index (χ2v) is 19.2. The van der Waals surface area contributed by atoms with Crippen LogP contribution in [0.4, 0.5) is 0 Å². The molecule has 0 saturated carbocycles. The van der Waals surface area contributed by atoms with Crippen molar-refractivity contribution in [2.24, 2.45) is 0 Å². The van der Waals surface area contributed by atoms with E-state index in [1.807, 2.05) is 0 Å². The van der Waals surface area contributed by atoms with Gasteiger partial charge in [0.2, 0.25) is 0 Å². The summed E-state index contributed by atoms with van der Waals surface area (Å²) in [6, 6.07) is 0. The fourth-order valence-electron chi connectivity index (χ4n) is 8.15. The van der Waals surface area contributed by atoms with Gasteiger partial charge in [0.15, 0.2) is 6.10 Å². The Labute approximate surface area is 421 Å². The van der Waals surface area contributed by atoms with Crippen molar-refractivity contribution >= 4 is 17.9 Å². The van der Waals surface area contributed by atoms with Gasteiger partial charge < -0.3 is 14.2 Å². The predicted octanol–water partition coefficient (Wildman–Crippen LogP) is 19.4. The standard InChI is InChI=1S/C62H108O6/c1-4-7-10-13-16-19-22-25-27-29-30-31-32-33-35-37-40-43-46-49-52-55-61(64)67-58-59(57-66-60(63)54-51-48-45-42-39-36-24-21-18-15-12-9-6-3)68-62(65)56-53-50-47-44-41-38-34-28-26-23-20-17-14-11-8-5-2/h7,10,16,19,25,27,30-31,33,35,40,43,59H,4-6,8-9,11-15,17-18,20-24,26,28-29,32,34,36-39,41-42,44-58H2,1-3H3/b10-7-,19-16-,27-25-,31-30-,35-33-,43-40-. The molecule has 6 heteroatoms. The van der Waals surface area contributed by atoms with E-state index in [0.29, 0.717) is 19.3 Å². The Bertz CT molecular complexity index is 1270. The van der Waals surface area contributed by atoms with Crippen molar-refractivity contribution in [3.05, 3.63) is 72.9 Å². The number of hydrogen-bond donors (Lipinski definition) is 0. The monoisotopic (exact) mass is 949 g/mol. The third-order valence-electron chi connectivity index (χ3n) is 12.5. The van der Waals surface area contributed by atoms with Crippen molar-refractivity contribution in [2.75, 3.05) is 13.2 Å². The summed E-state index contributed by atoms with van der Waals surface area (Å²) < 4.78 is 16.8. The highest BCUT2D eigenvalue weighted by Crippen LogP contribution is 2.16. The minimum Gasteiger partial charge on any atom is -0.462 e. The van der Waals surface area contributed by atoms with Crippen LogP contribution in [0.2, 0.25) is 0 Å². The maximum Gasteiger partial charge on any atom is 0.306 e. The van der Waals surface area contributed by atoms with Gasteiger partial charge >= 0.3 is 17.9 Å². The van der Waals surface area contributed by atoms with Gasteiger partial charge in [0.05, 0.1) is 0 Å². The van der Waals surface area contributed by atoms with E-state index in [1.54, 1.807) is 0 Å². The van der Waals surface area contributed by atoms with E-state index in [-0.39, 0.29) is 31.1 Å². The predicted molar refractivity (Wildman–Crippen MR) is 293 cm³/mol. The Morgan fingerprint density at radius 3 is 0.897 bits per heavy atom. The molecule has 0 aliphatic heterocycles. The normalized spacial score (nSPS) is 12.6. The van der Waals surface area contributed by atoms with Crippen molar-refractivity contribution in [1.82, 2.24) is 0 Å². The van der Waals surface area contributed by atoms with Gasteiger partial charge in [-0.3, -0.25) is 14.4 Å². The number of hydrogen-bond acceptors (Lipinski definition) is 6. The van der Waals surface area contributed by atoms with E-state index in [0.717, 1.165) is 96.3 Å². The summed E-state index contributed by atoms with van der Waals surface area (Å²) in [5, 5.41) is 0. The molecule has 0 saturated heterocycles. The molecular formula is C62H108O6. The lowest BCUT2D eigenvalue weighted by Crippen LogP contribution is -2.30. The molecule has 0 aromatic heterocycles. The van der Waals surface area contributed by atoms with Crippen LogP contribution in [0.5, 0.6) is 0 Å². The SMILES string of the molecule is CC/C=C\C/C=C\C/C=C\C/C=C\C/C=C\C/C=C\CCCCC(=O)OCC(COC(=O)CCCCCCCCCCCCCCC)OC(=O)CCCCCCCCCCCCCCCCCC. The molecule has 6 nitrogen and oxygen atoms in total. The molecule has 392 valence electrons. The Morgan fingerprint density at radius 1 is 0.309 bits per heavy atom. The zero-order valence-corrected chi connectivity index (χ0v) is 44.9. The lowest BCUT2D eigenvalue weighted by atomic mass is 10.0. The van der Waals surface area contributed by atoms with E-state index in [1.165, 1.54) is 148 Å². The first-order valence-corrected chi connectivity index (χ1v) is 28.9. The molecule has 0 radical (unpaired) electrons. The quantitative estimate of drug-likeness (QED) is 0.0262. The number of unbranched alkanes of at least 4 members (excludes halogenated alkanes) is 29. The fraction of sp³-hybridized carbons (Fsp3) is 0.758. The van der Waals surface area contributed by atoms with Crippen LogP contribution in [0.25, 0.3) is 0 Å². The topological polar surface area (TPSA) is 78.9 Å². The Balaban J connectivity index is 4.42. The van der Waals surface area contributed by atoms with Gasteiger partial charge in [-0.05, 0) is 70.6 Å². The van der Waals surface area contributed by atoms with Gasteiger partial charge in [0.1, 0.15) is 13.2 Å². The van der Waals surface area contributed by atoms with Gasteiger partial charge in [-0.2, -0.15) is 0 Å². The van der Waals surface area contributed by atoms with Gasteiger partial charge in [0, 0.05) is 19.3 Å². The zero-order valence-electron chi connectivity index (χ0n) is 44.9. The van der Waals surface area contributed by atoms with Crippen LogP contribution in [0.3, 0.4) is 0 Å². The Hall–Kier alpha value is -3.15. The molecule has 0 spiro atoms. The van der Waals surface area contributed by atoms with E-state index < -0.39 is 6.10 Å². The molecule has 0 heterocycles. The number of carbonyl (C=O) groups excluding carboxylic acids is 3. The van der Waals surface area contributed by atoms with Gasteiger partial charge in [-0.15, -0.1) is 0 Å². The van der Waals surface area contributed by atoms with Crippen LogP contribution >= 0.6 is 0 Å². The van der Waals surface area contributed by atoms with Gasteiger partial charge in [-0.25, -0.2) is 0 Å². The molecule has 0 aliphatic rings. The number of allylic oxidation sites excluding steroid dienone is 12. The number of esters is 3. The summed E-state index contributed by atoms with van der Waals surface area (Å²) in [6.07, 6.45) is 71.8. The Kier molecular flexibility index (Phi) is 53.8. The molecule has 0 rings (SSSR count). The van der Waals surface area contributed by atoms with Crippen LogP contribution in [0.15, 0.2) is 72.9 Å². The molecule has 0 aliphatic carbocycles. The maximum absolute atomic E-state index is 12.9. The van der Waals surface area contributed by atoms with E-state index in [2.05, 4.69) is 93.7 Å². The maximum atomic E-state index is 12.9. The first-order chi connectivity index (χ1) is 33.5. The minimum absolute atomic E-state index is 0.0854. The highest BCUT2D eigenvalue weighted by atomic mass is 16.6. The zero-order chi connectivity index (χ0) is 49.3. The molecule has 1 unspecified atom stereocenters. The van der Waals surface area contributed by atoms with Crippen molar-refractivity contribution in [3.8, 4) is 0 Å². The first kappa shape index (κ1) is 64.8. The van der Waals surface area contributed by atoms with Crippen LogP contribution in [0.1, 0.15) is 284 Å². The minimum atomic E-state index is -0.790. The van der Waals surface area contributed by atoms with Crippen molar-refractivity contribution < 1.29 is 28.6 Å². The van der Waals surface area contributed by atoms with Crippen molar-refractivity contribution in [2.45, 2.75) is 290 Å². The van der Waals surface area contributed by atoms with Crippen molar-refractivity contribution in [3.63, 3.8) is 0 Å². The van der Waals surface area contributed by atoms with Crippen LogP contribution in [-0.2, 0) is 28.6 Å². The summed E-state index contributed by atoms with van der Waals surface area (Å²) in [7, 11) is 0. The highest BCUT2D eigenvalue weighted by molar-refractivity contribution is 5.71. The summed E-state index contributed by atoms with van der Waals surface area (Å²) in [4.78, 5) is 38.1. The highest BCUT2D eigenvalue weighted by Gasteiger charge is 2.19. The second-order valence-electron chi connectivity index (χ2n) is 19.2. The van der Waals surface area contributed by atoms with Crippen LogP contribution in [0, 0.1) is 0 Å². The summed E-state index contributed by atoms with van der Waals surface area (Å²) >= 11 is 0. The van der Waals surface area contributed by atoms with E-state index in [4.69, 9.17) is 14.2 Å². The summed E-state index contributed by atoms with van der Waals surface area (Å²) in [6.45, 7) is 6.52. The molecule has 0 bridgehead atoms. The van der Waals surface area contributed by atoms with Crippen LogP contribution < -0.4 is 0 Å². The largest absolute Gasteiger partial charge is 0.462 e. The number of rotatable bonds is 52. The molecule has 0 fully saturated rings. The smallest absolute Gasteiger partial charge is 0.306 e. The summed E-state index contributed by atoms with van der Waals surface area (Å²) in [5.74, 6) is -0.919. The van der Waals surface area contributed by atoms with Gasteiger partial charge in [-0.1, -0.05) is 267 Å². The molecule has 68 heavy (non-hydrogen) atoms. The van der Waals surface area contributed by atoms with Gasteiger partial charge in [0.25, 0.3) is 0 Å².